The summed E-state index contributed by atoms with van der Waals surface area (Å²) in [5.74, 6) is 1.99. The number of Topliss-reactive ketones (excluding diaryl/α,β-unsaturated/α-hetero) is 3. The molecule has 0 N–H and O–H groups in total. The van der Waals surface area contributed by atoms with Crippen LogP contribution in [0.15, 0.2) is 202 Å². The first-order valence-electron chi connectivity index (χ1n) is 53.7. The zero-order chi connectivity index (χ0) is 104. The molecule has 3 saturated carbocycles. The number of hydrogen-bond donors (Lipinski definition) is 0. The number of carbonyl (C=O) groups excluding carboxylic acids is 6. The van der Waals surface area contributed by atoms with Crippen LogP contribution in [0.25, 0.3) is 0 Å². The van der Waals surface area contributed by atoms with Crippen molar-refractivity contribution in [2.45, 2.75) is 229 Å². The molecule has 6 aromatic carbocycles. The van der Waals surface area contributed by atoms with Crippen LogP contribution in [-0.2, 0) is 113 Å². The summed E-state index contributed by atoms with van der Waals surface area (Å²) in [5.41, 5.74) is 16.1. The van der Waals surface area contributed by atoms with E-state index in [2.05, 4.69) is 165 Å². The van der Waals surface area contributed by atoms with E-state index < -0.39 is 46.9 Å². The number of methoxy groups -OCH3 is 3. The lowest BCUT2D eigenvalue weighted by atomic mass is 9.68. The number of benzene rings is 6. The molecule has 790 valence electrons. The first-order valence-corrected chi connectivity index (χ1v) is 59.6. The minimum Gasteiger partial charge on any atom is -0.490 e. The average Bonchev–Trinajstić information content (AvgIpc) is 1.69. The Labute approximate surface area is 882 Å². The fourth-order valence-electron chi connectivity index (χ4n) is 25.1. The monoisotopic (exact) mass is 2100 g/mol. The van der Waals surface area contributed by atoms with Crippen LogP contribution in [0, 0.1) is 56.3 Å². The lowest BCUT2D eigenvalue weighted by Gasteiger charge is -2.46. The molecule has 15 atom stereocenters. The largest absolute Gasteiger partial charge is 0.490 e. The number of hydrogen-bond acceptors (Lipinski definition) is 23. The van der Waals surface area contributed by atoms with Crippen molar-refractivity contribution in [3.05, 3.63) is 267 Å². The second-order valence-electron chi connectivity index (χ2n) is 43.8. The molecular formula is C117H142ClN13O15S3. The van der Waals surface area contributed by atoms with E-state index in [9.17, 15) is 41.4 Å². The van der Waals surface area contributed by atoms with Crippen molar-refractivity contribution >= 4 is 92.9 Å². The number of aromatic nitrogens is 7. The van der Waals surface area contributed by atoms with Crippen molar-refractivity contribution < 1.29 is 69.8 Å². The van der Waals surface area contributed by atoms with Gasteiger partial charge in [0.05, 0.1) is 119 Å². The summed E-state index contributed by atoms with van der Waals surface area (Å²) in [6.45, 7) is 13.6. The van der Waals surface area contributed by atoms with E-state index >= 15 is 0 Å². The van der Waals surface area contributed by atoms with Gasteiger partial charge in [-0.05, 0) is 291 Å². The Morgan fingerprint density at radius 1 is 0.450 bits per heavy atom. The van der Waals surface area contributed by atoms with Crippen LogP contribution in [0.4, 0.5) is 17.1 Å². The van der Waals surface area contributed by atoms with E-state index in [1.807, 2.05) is 36.4 Å². The predicted octanol–water partition coefficient (Wildman–Crippen LogP) is 19.2. The van der Waals surface area contributed by atoms with Crippen LogP contribution in [0.5, 0.6) is 17.2 Å². The number of rotatable bonds is 18. The molecule has 0 unspecified atom stereocenters. The van der Waals surface area contributed by atoms with E-state index in [0.717, 1.165) is 175 Å². The van der Waals surface area contributed by atoms with Crippen molar-refractivity contribution in [2.24, 2.45) is 48.6 Å². The van der Waals surface area contributed by atoms with Gasteiger partial charge in [-0.25, -0.2) is 22.6 Å². The van der Waals surface area contributed by atoms with Gasteiger partial charge in [0.15, 0.2) is 0 Å². The zero-order valence-electron chi connectivity index (χ0n) is 86.8. The number of ether oxygens (including phenoxy) is 6. The van der Waals surface area contributed by atoms with E-state index in [4.69, 9.17) is 40.0 Å². The number of carbonyl (C=O) groups is 6. The van der Waals surface area contributed by atoms with Gasteiger partial charge in [0, 0.05) is 168 Å². The van der Waals surface area contributed by atoms with Crippen molar-refractivity contribution in [2.75, 3.05) is 130 Å². The number of amides is 3. The fraction of sp³-hybridized carbons (Fsp3) is 0.513. The quantitative estimate of drug-likeness (QED) is 0.0720. The SMILES string of the molecule is CO[C@H]1/C=C/CCC[S@@](=O)(CC(=O)CCc2cncnc2)=NC(=O)c2ccc3c(c2)N(C[C@@H]2CC[C@H]21)C[C@@]1(CCCc2cc(C)ccc21)CO3.CO[C@H]1/C=C/CCC[S@@](=O)(CC(=O)CCn2cc(Cl)cn2)=NC(=O)c2ccc3c(c2)N(C[C@@H]2CC[C@H]21)C[C@@]1(CCCc2cc(C)ccc21)CO3.CO[C@H]1/C=C/CCC[S@@](=O)(CC(=O)CCn2ccnn2)=NC(=O)c2ccc3c(c2)N(C[C@@H]2CC[C@H]21)C[C@@]1(CCCc2cc(C)ccc21)CO3. The molecule has 149 heavy (non-hydrogen) atoms. The van der Waals surface area contributed by atoms with Crippen LogP contribution in [0.3, 0.4) is 0 Å². The second-order valence-corrected chi connectivity index (χ2v) is 51.5. The fourth-order valence-corrected chi connectivity index (χ4v) is 31.1. The lowest BCUT2D eigenvalue weighted by Crippen LogP contribution is -2.49. The summed E-state index contributed by atoms with van der Waals surface area (Å²) >= 11 is 5.98. The van der Waals surface area contributed by atoms with Crippen LogP contribution in [0.2, 0.25) is 5.02 Å². The van der Waals surface area contributed by atoms with Gasteiger partial charge in [0.2, 0.25) is 0 Å². The summed E-state index contributed by atoms with van der Waals surface area (Å²) in [5, 5.41) is 12.3. The van der Waals surface area contributed by atoms with Gasteiger partial charge in [-0.15, -0.1) is 5.10 Å². The molecule has 3 amide bonds. The zero-order valence-corrected chi connectivity index (χ0v) is 90.0. The standard InChI is InChI=1S/C40H48N4O5S.C39H47ClN4O5S.C38H47N5O5S/c1-28-9-15-35-30(19-28)7-6-17-40(35)25-44-23-32-11-14-34(32)37(48-2)8-4-3-5-18-50(47,24-33(45)13-10-29-21-41-27-42-22-29)43-39(46)31-12-16-38(49-26-40)36(44)20-31;1-27-9-13-34-28(19-27)7-6-16-39(34)25-43-22-30-10-12-33(30)36(48-2)8-4-3-5-18-50(47,24-32(45)15-17-44-23-31(40)21-41-44)42-38(46)29-11-14-37(49-26-39)35(43)20-29;1-27-9-13-33-28(21-27)7-6-16-38(33)25-42-23-30-10-12-32(30)35(47-2)8-4-3-5-20-49(46,24-31(44)15-18-43-19-17-39-41-43)40-37(45)29-11-14-36(48-26-38)34(42)22-29/h4,8-9,12,15-16,19-22,27,32,34,37H,3,5-7,10-11,13-14,17-18,23-26H2,1-2H3;4,8-9,11,13-14,19-21,23,30,33,36H,3,5-7,10,12,15-18,22,24-26H2,1-2H3;4,8-9,11,13-14,17,19,21-22,30,32,35H,3,5-7,10,12,15-16,18,20,23-26H2,1-2H3/b3*8-4+/t32-,34+,37-,40-,50+;30-,33+,36-,39-,50+;30-,32+,35-,38-,49+/m000/s1. The van der Waals surface area contributed by atoms with Crippen molar-refractivity contribution in [3.63, 3.8) is 0 Å². The molecule has 9 heterocycles. The highest BCUT2D eigenvalue weighted by molar-refractivity contribution is 7.95. The lowest BCUT2D eigenvalue weighted by molar-refractivity contribution is -0.117. The number of anilines is 3. The van der Waals surface area contributed by atoms with Crippen molar-refractivity contribution in [1.29, 1.82) is 0 Å². The van der Waals surface area contributed by atoms with Gasteiger partial charge in [-0.1, -0.05) is 125 Å². The van der Waals surface area contributed by atoms with Crippen LogP contribution >= 0.6 is 11.6 Å². The van der Waals surface area contributed by atoms with Crippen LogP contribution < -0.4 is 28.9 Å². The Kier molecular flexibility index (Phi) is 33.5. The molecule has 28 nitrogen and oxygen atoms in total. The van der Waals surface area contributed by atoms with Gasteiger partial charge in [-0.2, -0.15) is 18.2 Å². The maximum Gasteiger partial charge on any atom is 0.285 e. The molecule has 32 heteroatoms. The number of allylic oxidation sites excluding steroid dienone is 3. The summed E-state index contributed by atoms with van der Waals surface area (Å²) in [4.78, 5) is 96.4. The van der Waals surface area contributed by atoms with Crippen LogP contribution in [0.1, 0.15) is 222 Å². The normalized spacial score (nSPS) is 28.8. The molecular weight excluding hydrogens is 1960 g/mol. The minimum atomic E-state index is -3.18. The molecule has 0 radical (unpaired) electrons. The average molecular weight is 2100 g/mol. The van der Waals surface area contributed by atoms with Gasteiger partial charge >= 0.3 is 0 Å². The highest BCUT2D eigenvalue weighted by Gasteiger charge is 2.50. The number of fused-ring (bicyclic) bond motifs is 12. The Morgan fingerprint density at radius 3 is 1.15 bits per heavy atom. The number of aryl methyl sites for hydroxylation is 9. The van der Waals surface area contributed by atoms with E-state index in [-0.39, 0.29) is 106 Å². The Morgan fingerprint density at radius 2 is 0.819 bits per heavy atom. The summed E-state index contributed by atoms with van der Waals surface area (Å²) in [6.07, 6.45) is 44.6. The molecule has 12 aliphatic rings. The predicted molar refractivity (Wildman–Crippen MR) is 582 cm³/mol. The van der Waals surface area contributed by atoms with Gasteiger partial charge in [0.1, 0.15) is 40.9 Å². The van der Waals surface area contributed by atoms with Gasteiger partial charge in [0.25, 0.3) is 17.7 Å². The Hall–Kier alpha value is -11.2. The maximum absolute atomic E-state index is 14.3. The van der Waals surface area contributed by atoms with Gasteiger partial charge < -0.3 is 43.1 Å². The third kappa shape index (κ3) is 24.9. The van der Waals surface area contributed by atoms with Crippen LogP contribution in [-0.4, -0.2) is 216 Å². The van der Waals surface area contributed by atoms with E-state index in [1.54, 1.807) is 79.9 Å². The van der Waals surface area contributed by atoms with Crippen molar-refractivity contribution in [3.8, 4) is 17.2 Å². The molecule has 0 saturated heterocycles. The summed E-state index contributed by atoms with van der Waals surface area (Å²) in [6, 6.07) is 36.9. The molecule has 6 bridgehead atoms. The third-order valence-corrected chi connectivity index (χ3v) is 40.1. The highest BCUT2D eigenvalue weighted by Crippen LogP contribution is 2.53. The molecule has 6 aliphatic carbocycles. The topological polar surface area (TPSA) is 330 Å². The number of ketones is 3. The highest BCUT2D eigenvalue weighted by atomic mass is 35.5. The molecule has 3 fully saturated rings. The molecule has 3 aromatic heterocycles. The second kappa shape index (κ2) is 47.0. The molecule has 3 spiro atoms. The van der Waals surface area contributed by atoms with E-state index in [1.165, 1.54) is 62.6 Å². The Balaban J connectivity index is 0.000000140. The minimum absolute atomic E-state index is 0.0119. The van der Waals surface area contributed by atoms with Crippen molar-refractivity contribution in [1.82, 2.24) is 34.7 Å². The third-order valence-electron chi connectivity index (χ3n) is 33.3. The van der Waals surface area contributed by atoms with Gasteiger partial charge in [-0.3, -0.25) is 38.1 Å². The van der Waals surface area contributed by atoms with E-state index in [0.29, 0.717) is 135 Å². The number of nitrogens with zero attached hydrogens (tertiary/aromatic N) is 13. The maximum atomic E-state index is 14.3. The summed E-state index contributed by atoms with van der Waals surface area (Å²) in [7, 11) is -4.17. The number of halogens is 1. The first-order chi connectivity index (χ1) is 72.1. The Bertz CT molecular complexity index is 6940. The smallest absolute Gasteiger partial charge is 0.285 e. The molecule has 21 rings (SSSR count). The first kappa shape index (κ1) is 106. The molecule has 9 aromatic rings. The molecule has 6 aliphatic heterocycles. The summed E-state index contributed by atoms with van der Waals surface area (Å²) < 4.78 is 97.3.